The quantitative estimate of drug-likeness (QED) is 0.262. The standard InChI is InChI=1S/C11H14ClN3O3/c12-6-2-1-3-7(10(6)11(13)14-18)15-4-8(16)9(17)5-15/h1-3,8-9,16-18H,4-5H2,(H2,13,14). The van der Waals surface area contributed by atoms with E-state index in [0.29, 0.717) is 16.3 Å². The van der Waals surface area contributed by atoms with Crippen molar-refractivity contribution in [3.8, 4) is 0 Å². The maximum absolute atomic E-state index is 9.55. The van der Waals surface area contributed by atoms with Gasteiger partial charge in [-0.2, -0.15) is 0 Å². The summed E-state index contributed by atoms with van der Waals surface area (Å²) in [6.45, 7) is 0.542. The van der Waals surface area contributed by atoms with Gasteiger partial charge in [-0.05, 0) is 12.1 Å². The predicted octanol–water partition coefficient (Wildman–Crippen LogP) is -0.0237. The molecule has 0 aromatic heterocycles. The second kappa shape index (κ2) is 5.01. The van der Waals surface area contributed by atoms with Gasteiger partial charge in [0.05, 0.1) is 22.8 Å². The summed E-state index contributed by atoms with van der Waals surface area (Å²) in [5.74, 6) is -0.105. The van der Waals surface area contributed by atoms with E-state index in [1.54, 1.807) is 23.1 Å². The Kier molecular flexibility index (Phi) is 3.60. The number of oxime groups is 1. The summed E-state index contributed by atoms with van der Waals surface area (Å²) in [4.78, 5) is 1.74. The Labute approximate surface area is 109 Å². The van der Waals surface area contributed by atoms with Gasteiger partial charge in [0.25, 0.3) is 0 Å². The van der Waals surface area contributed by atoms with Gasteiger partial charge in [-0.25, -0.2) is 0 Å². The molecule has 1 heterocycles. The molecule has 7 heteroatoms. The number of nitrogens with zero attached hydrogens (tertiary/aromatic N) is 2. The van der Waals surface area contributed by atoms with E-state index in [2.05, 4.69) is 5.16 Å². The van der Waals surface area contributed by atoms with Crippen LogP contribution in [-0.2, 0) is 0 Å². The first-order chi connectivity index (χ1) is 8.54. The molecule has 1 aromatic carbocycles. The molecule has 1 aliphatic heterocycles. The first-order valence-electron chi connectivity index (χ1n) is 5.42. The van der Waals surface area contributed by atoms with Gasteiger partial charge in [0.1, 0.15) is 0 Å². The normalized spacial score (nSPS) is 24.6. The molecule has 18 heavy (non-hydrogen) atoms. The molecule has 6 nitrogen and oxygen atoms in total. The van der Waals surface area contributed by atoms with Crippen molar-refractivity contribution in [2.24, 2.45) is 10.9 Å². The van der Waals surface area contributed by atoms with Gasteiger partial charge in [0.15, 0.2) is 5.84 Å². The molecule has 0 saturated carbocycles. The summed E-state index contributed by atoms with van der Waals surface area (Å²) in [7, 11) is 0. The van der Waals surface area contributed by atoms with Crippen molar-refractivity contribution < 1.29 is 15.4 Å². The summed E-state index contributed by atoms with van der Waals surface area (Å²) in [5, 5.41) is 31.2. The van der Waals surface area contributed by atoms with E-state index in [9.17, 15) is 10.2 Å². The summed E-state index contributed by atoms with van der Waals surface area (Å²) in [5.41, 5.74) is 6.61. The molecule has 0 spiro atoms. The zero-order valence-corrected chi connectivity index (χ0v) is 10.2. The van der Waals surface area contributed by atoms with Crippen LogP contribution in [0.2, 0.25) is 5.02 Å². The lowest BCUT2D eigenvalue weighted by Gasteiger charge is -2.21. The molecule has 2 rings (SSSR count). The van der Waals surface area contributed by atoms with Crippen LogP contribution in [0.25, 0.3) is 0 Å². The summed E-state index contributed by atoms with van der Waals surface area (Å²) in [6, 6.07) is 5.09. The number of benzene rings is 1. The van der Waals surface area contributed by atoms with E-state index < -0.39 is 12.2 Å². The number of amidine groups is 1. The average Bonchev–Trinajstić information content (AvgIpc) is 2.68. The number of nitrogens with two attached hydrogens (primary N) is 1. The lowest BCUT2D eigenvalue weighted by atomic mass is 10.1. The number of β-amino-alcohol motifs (C(OH)–C–C–N with tert-alkyl or cyclic N) is 2. The van der Waals surface area contributed by atoms with Gasteiger partial charge >= 0.3 is 0 Å². The highest BCUT2D eigenvalue weighted by molar-refractivity contribution is 6.34. The van der Waals surface area contributed by atoms with Crippen molar-refractivity contribution in [3.05, 3.63) is 28.8 Å². The van der Waals surface area contributed by atoms with Gasteiger partial charge in [0, 0.05) is 18.8 Å². The molecule has 5 N–H and O–H groups in total. The fourth-order valence-corrected chi connectivity index (χ4v) is 2.31. The number of hydrogen-bond donors (Lipinski definition) is 4. The van der Waals surface area contributed by atoms with Crippen LogP contribution in [0.4, 0.5) is 5.69 Å². The van der Waals surface area contributed by atoms with Gasteiger partial charge in [0.2, 0.25) is 0 Å². The third-order valence-electron chi connectivity index (χ3n) is 2.96. The van der Waals surface area contributed by atoms with Crippen molar-refractivity contribution >= 4 is 23.1 Å². The SMILES string of the molecule is N/C(=N/O)c1c(Cl)cccc1N1CC(O)C(O)C1. The van der Waals surface area contributed by atoms with Crippen molar-refractivity contribution in [1.82, 2.24) is 0 Å². The molecule has 2 atom stereocenters. The molecular formula is C11H14ClN3O3. The molecule has 0 aliphatic carbocycles. The Morgan fingerprint density at radius 3 is 2.50 bits per heavy atom. The number of hydrogen-bond acceptors (Lipinski definition) is 5. The highest BCUT2D eigenvalue weighted by Crippen LogP contribution is 2.29. The lowest BCUT2D eigenvalue weighted by molar-refractivity contribution is 0.0572. The first-order valence-corrected chi connectivity index (χ1v) is 5.80. The zero-order chi connectivity index (χ0) is 13.3. The Balaban J connectivity index is 2.42. The third kappa shape index (κ3) is 2.22. The highest BCUT2D eigenvalue weighted by atomic mass is 35.5. The zero-order valence-electron chi connectivity index (χ0n) is 9.49. The van der Waals surface area contributed by atoms with Crippen LogP contribution in [0.1, 0.15) is 5.56 Å². The molecule has 2 unspecified atom stereocenters. The number of anilines is 1. The minimum atomic E-state index is -0.816. The number of aliphatic hydroxyl groups is 2. The second-order valence-electron chi connectivity index (χ2n) is 4.16. The lowest BCUT2D eigenvalue weighted by Crippen LogP contribution is -2.25. The van der Waals surface area contributed by atoms with E-state index in [4.69, 9.17) is 22.5 Å². The summed E-state index contributed by atoms with van der Waals surface area (Å²) < 4.78 is 0. The van der Waals surface area contributed by atoms with Crippen LogP contribution in [0.15, 0.2) is 23.4 Å². The Morgan fingerprint density at radius 2 is 1.94 bits per heavy atom. The summed E-state index contributed by atoms with van der Waals surface area (Å²) in [6.07, 6.45) is -1.63. The molecule has 1 aromatic rings. The van der Waals surface area contributed by atoms with Crippen LogP contribution < -0.4 is 10.6 Å². The Bertz CT molecular complexity index is 471. The largest absolute Gasteiger partial charge is 0.409 e. The van der Waals surface area contributed by atoms with Crippen LogP contribution in [0, 0.1) is 0 Å². The van der Waals surface area contributed by atoms with E-state index >= 15 is 0 Å². The minimum Gasteiger partial charge on any atom is -0.409 e. The van der Waals surface area contributed by atoms with E-state index in [-0.39, 0.29) is 18.9 Å². The predicted molar refractivity (Wildman–Crippen MR) is 68.2 cm³/mol. The van der Waals surface area contributed by atoms with Crippen LogP contribution in [0.5, 0.6) is 0 Å². The molecular weight excluding hydrogens is 258 g/mol. The number of aliphatic hydroxyl groups excluding tert-OH is 2. The molecule has 0 radical (unpaired) electrons. The van der Waals surface area contributed by atoms with Gasteiger partial charge in [-0.15, -0.1) is 0 Å². The maximum Gasteiger partial charge on any atom is 0.173 e. The first kappa shape index (κ1) is 12.9. The molecule has 1 aliphatic rings. The van der Waals surface area contributed by atoms with Gasteiger partial charge in [-0.1, -0.05) is 22.8 Å². The van der Waals surface area contributed by atoms with E-state index in [0.717, 1.165) is 0 Å². The van der Waals surface area contributed by atoms with E-state index in [1.807, 2.05) is 0 Å². The van der Waals surface area contributed by atoms with Crippen LogP contribution in [0.3, 0.4) is 0 Å². The smallest absolute Gasteiger partial charge is 0.173 e. The fraction of sp³-hybridized carbons (Fsp3) is 0.364. The molecule has 98 valence electrons. The van der Waals surface area contributed by atoms with Crippen molar-refractivity contribution in [2.45, 2.75) is 12.2 Å². The van der Waals surface area contributed by atoms with Crippen LogP contribution in [-0.4, -0.2) is 46.6 Å². The monoisotopic (exact) mass is 271 g/mol. The minimum absolute atomic E-state index is 0.105. The molecule has 0 bridgehead atoms. The Hall–Kier alpha value is -1.50. The Morgan fingerprint density at radius 1 is 1.33 bits per heavy atom. The van der Waals surface area contributed by atoms with Gasteiger partial charge in [-0.3, -0.25) is 0 Å². The average molecular weight is 272 g/mol. The van der Waals surface area contributed by atoms with Crippen molar-refractivity contribution in [3.63, 3.8) is 0 Å². The summed E-state index contributed by atoms with van der Waals surface area (Å²) >= 11 is 6.03. The van der Waals surface area contributed by atoms with Crippen molar-refractivity contribution in [2.75, 3.05) is 18.0 Å². The second-order valence-corrected chi connectivity index (χ2v) is 4.57. The van der Waals surface area contributed by atoms with Crippen LogP contribution >= 0.6 is 11.6 Å². The number of rotatable bonds is 2. The number of halogens is 1. The highest BCUT2D eigenvalue weighted by Gasteiger charge is 2.31. The molecule has 1 fully saturated rings. The topological polar surface area (TPSA) is 102 Å². The van der Waals surface area contributed by atoms with Crippen molar-refractivity contribution in [1.29, 1.82) is 0 Å². The third-order valence-corrected chi connectivity index (χ3v) is 3.27. The maximum atomic E-state index is 9.55. The fourth-order valence-electron chi connectivity index (χ4n) is 2.05. The molecule has 0 amide bonds. The van der Waals surface area contributed by atoms with E-state index in [1.165, 1.54) is 0 Å². The van der Waals surface area contributed by atoms with Gasteiger partial charge < -0.3 is 26.1 Å². The molecule has 1 saturated heterocycles.